The van der Waals surface area contributed by atoms with E-state index in [0.717, 1.165) is 5.56 Å². The minimum atomic E-state index is -0.675. The van der Waals surface area contributed by atoms with Crippen LogP contribution in [0.4, 0.5) is 0 Å². The Morgan fingerprint density at radius 1 is 1.12 bits per heavy atom. The Hall–Kier alpha value is -2.17. The van der Waals surface area contributed by atoms with Crippen LogP contribution in [0.25, 0.3) is 0 Å². The number of amides is 1. The zero-order chi connectivity index (χ0) is 19.5. The van der Waals surface area contributed by atoms with Crippen molar-refractivity contribution in [3.8, 4) is 0 Å². The first-order chi connectivity index (χ1) is 12.0. The Balaban J connectivity index is 1.94. The molecule has 1 aromatic carbocycles. The minimum absolute atomic E-state index is 0.0231. The van der Waals surface area contributed by atoms with Crippen LogP contribution in [0.1, 0.15) is 83.6 Å². The van der Waals surface area contributed by atoms with Crippen LogP contribution < -0.4 is 5.32 Å². The number of nitrogens with zero attached hydrogens (tertiary/aromatic N) is 2. The summed E-state index contributed by atoms with van der Waals surface area (Å²) in [7, 11) is 0. The van der Waals surface area contributed by atoms with E-state index < -0.39 is 5.54 Å². The molecule has 0 aliphatic heterocycles. The molecule has 0 aliphatic rings. The summed E-state index contributed by atoms with van der Waals surface area (Å²) in [5, 5.41) is 7.06. The molecule has 0 saturated carbocycles. The molecule has 0 bridgehead atoms. The maximum absolute atomic E-state index is 12.4. The minimum Gasteiger partial charge on any atom is -0.344 e. The Morgan fingerprint density at radius 3 is 2.23 bits per heavy atom. The summed E-state index contributed by atoms with van der Waals surface area (Å²) in [5.41, 5.74) is 1.59. The summed E-state index contributed by atoms with van der Waals surface area (Å²) in [4.78, 5) is 16.8. The Bertz CT molecular complexity index is 737. The fraction of sp³-hybridized carbons (Fsp3) is 0.571. The van der Waals surface area contributed by atoms with Crippen molar-refractivity contribution in [2.75, 3.05) is 0 Å². The van der Waals surface area contributed by atoms with Crippen molar-refractivity contribution in [3.05, 3.63) is 47.1 Å². The van der Waals surface area contributed by atoms with Crippen molar-refractivity contribution in [3.63, 3.8) is 0 Å². The molecule has 5 heteroatoms. The Labute approximate surface area is 156 Å². The summed E-state index contributed by atoms with van der Waals surface area (Å²) in [6, 6.07) is 8.47. The number of rotatable bonds is 6. The zero-order valence-corrected chi connectivity index (χ0v) is 17.0. The van der Waals surface area contributed by atoms with Crippen LogP contribution in [0.5, 0.6) is 0 Å². The SMILES string of the molecule is CC(C)c1ccc(CCC(=O)NC(C)(C)c2noc(C(C)(C)C)n2)cc1. The Morgan fingerprint density at radius 2 is 1.73 bits per heavy atom. The third-order valence-corrected chi connectivity index (χ3v) is 4.37. The molecular formula is C21H31N3O2. The van der Waals surface area contributed by atoms with E-state index in [2.05, 4.69) is 53.6 Å². The average molecular weight is 357 g/mol. The van der Waals surface area contributed by atoms with Crippen LogP contribution in [-0.2, 0) is 22.2 Å². The average Bonchev–Trinajstić information content (AvgIpc) is 3.04. The molecule has 1 amide bonds. The number of aryl methyl sites for hydroxylation is 1. The monoisotopic (exact) mass is 357 g/mol. The normalized spacial score (nSPS) is 12.5. The van der Waals surface area contributed by atoms with E-state index in [9.17, 15) is 4.79 Å². The van der Waals surface area contributed by atoms with Gasteiger partial charge in [0.2, 0.25) is 11.8 Å². The third-order valence-electron chi connectivity index (χ3n) is 4.37. The van der Waals surface area contributed by atoms with E-state index >= 15 is 0 Å². The maximum Gasteiger partial charge on any atom is 0.232 e. The predicted octanol–water partition coefficient (Wildman–Crippen LogP) is 4.47. The van der Waals surface area contributed by atoms with Crippen LogP contribution in [0.2, 0.25) is 0 Å². The molecule has 0 fully saturated rings. The topological polar surface area (TPSA) is 68.0 Å². The van der Waals surface area contributed by atoms with E-state index in [1.807, 2.05) is 34.6 Å². The van der Waals surface area contributed by atoms with Gasteiger partial charge in [0, 0.05) is 11.8 Å². The molecular weight excluding hydrogens is 326 g/mol. The van der Waals surface area contributed by atoms with Gasteiger partial charge in [-0.15, -0.1) is 0 Å². The molecule has 2 aromatic rings. The van der Waals surface area contributed by atoms with Gasteiger partial charge >= 0.3 is 0 Å². The standard InChI is InChI=1S/C21H31N3O2/c1-14(2)16-11-8-15(9-12-16)10-13-17(25)23-21(6,7)18-22-19(26-24-18)20(3,4)5/h8-9,11-12,14H,10,13H2,1-7H3,(H,23,25). The molecule has 0 spiro atoms. The molecule has 0 radical (unpaired) electrons. The lowest BCUT2D eigenvalue weighted by atomic mass is 9.96. The molecule has 1 heterocycles. The molecule has 1 aromatic heterocycles. The van der Waals surface area contributed by atoms with Crippen LogP contribution in [0.3, 0.4) is 0 Å². The van der Waals surface area contributed by atoms with Gasteiger partial charge in [0.15, 0.2) is 5.82 Å². The van der Waals surface area contributed by atoms with E-state index in [1.54, 1.807) is 0 Å². The second-order valence-electron chi connectivity index (χ2n) is 8.74. The number of carbonyl (C=O) groups is 1. The quantitative estimate of drug-likeness (QED) is 0.828. The molecule has 0 saturated heterocycles. The van der Waals surface area contributed by atoms with Gasteiger partial charge < -0.3 is 9.84 Å². The lowest BCUT2D eigenvalue weighted by molar-refractivity contribution is -0.122. The van der Waals surface area contributed by atoms with Crippen LogP contribution in [0, 0.1) is 0 Å². The highest BCUT2D eigenvalue weighted by Gasteiger charge is 2.31. The first-order valence-electron chi connectivity index (χ1n) is 9.23. The van der Waals surface area contributed by atoms with Crippen molar-refractivity contribution in [1.29, 1.82) is 0 Å². The van der Waals surface area contributed by atoms with Gasteiger partial charge in [-0.25, -0.2) is 0 Å². The fourth-order valence-corrected chi connectivity index (χ4v) is 2.58. The van der Waals surface area contributed by atoms with Crippen molar-refractivity contribution >= 4 is 5.91 Å². The molecule has 1 N–H and O–H groups in total. The van der Waals surface area contributed by atoms with E-state index in [0.29, 0.717) is 30.5 Å². The van der Waals surface area contributed by atoms with E-state index in [-0.39, 0.29) is 11.3 Å². The fourth-order valence-electron chi connectivity index (χ4n) is 2.58. The van der Waals surface area contributed by atoms with Gasteiger partial charge in [0.1, 0.15) is 0 Å². The smallest absolute Gasteiger partial charge is 0.232 e. The molecule has 2 rings (SSSR count). The van der Waals surface area contributed by atoms with Gasteiger partial charge in [0.05, 0.1) is 5.54 Å². The molecule has 0 atom stereocenters. The maximum atomic E-state index is 12.4. The van der Waals surface area contributed by atoms with Crippen molar-refractivity contribution in [2.24, 2.45) is 0 Å². The summed E-state index contributed by atoms with van der Waals surface area (Å²) in [6.07, 6.45) is 1.13. The third kappa shape index (κ3) is 5.16. The highest BCUT2D eigenvalue weighted by atomic mass is 16.5. The van der Waals surface area contributed by atoms with Crippen LogP contribution >= 0.6 is 0 Å². The predicted molar refractivity (Wildman–Crippen MR) is 103 cm³/mol. The molecule has 0 aliphatic carbocycles. The van der Waals surface area contributed by atoms with Gasteiger partial charge in [-0.05, 0) is 37.3 Å². The lowest BCUT2D eigenvalue weighted by Gasteiger charge is -2.22. The number of benzene rings is 1. The first-order valence-corrected chi connectivity index (χ1v) is 9.23. The van der Waals surface area contributed by atoms with Gasteiger partial charge in [0.25, 0.3) is 0 Å². The summed E-state index contributed by atoms with van der Waals surface area (Å²) < 4.78 is 5.34. The Kier molecular flexibility index (Phi) is 5.89. The van der Waals surface area contributed by atoms with Gasteiger partial charge in [-0.2, -0.15) is 4.98 Å². The number of hydrogen-bond donors (Lipinski definition) is 1. The number of nitrogens with one attached hydrogen (secondary N) is 1. The number of carbonyl (C=O) groups excluding carboxylic acids is 1. The zero-order valence-electron chi connectivity index (χ0n) is 17.0. The first kappa shape index (κ1) is 20.1. The van der Waals surface area contributed by atoms with Crippen molar-refractivity contribution in [2.45, 2.75) is 78.2 Å². The van der Waals surface area contributed by atoms with Crippen LogP contribution in [-0.4, -0.2) is 16.0 Å². The largest absolute Gasteiger partial charge is 0.344 e. The molecule has 142 valence electrons. The van der Waals surface area contributed by atoms with E-state index in [4.69, 9.17) is 4.52 Å². The number of hydrogen-bond acceptors (Lipinski definition) is 4. The van der Waals surface area contributed by atoms with Crippen molar-refractivity contribution in [1.82, 2.24) is 15.5 Å². The molecule has 5 nitrogen and oxygen atoms in total. The molecule has 0 unspecified atom stereocenters. The lowest BCUT2D eigenvalue weighted by Crippen LogP contribution is -2.42. The summed E-state index contributed by atoms with van der Waals surface area (Å²) in [5.74, 6) is 1.56. The second-order valence-corrected chi connectivity index (χ2v) is 8.74. The summed E-state index contributed by atoms with van der Waals surface area (Å²) >= 11 is 0. The molecule has 26 heavy (non-hydrogen) atoms. The van der Waals surface area contributed by atoms with Crippen LogP contribution in [0.15, 0.2) is 28.8 Å². The summed E-state index contributed by atoms with van der Waals surface area (Å²) in [6.45, 7) is 14.2. The van der Waals surface area contributed by atoms with Gasteiger partial charge in [-0.3, -0.25) is 4.79 Å². The van der Waals surface area contributed by atoms with Gasteiger partial charge in [-0.1, -0.05) is 64.0 Å². The second kappa shape index (κ2) is 7.60. The van der Waals surface area contributed by atoms with E-state index in [1.165, 1.54) is 5.56 Å². The van der Waals surface area contributed by atoms with Crippen molar-refractivity contribution < 1.29 is 9.32 Å². The number of aromatic nitrogens is 2. The highest BCUT2D eigenvalue weighted by molar-refractivity contribution is 5.77. The highest BCUT2D eigenvalue weighted by Crippen LogP contribution is 2.24.